The van der Waals surface area contributed by atoms with Gasteiger partial charge in [0.05, 0.1) is 5.69 Å². The highest BCUT2D eigenvalue weighted by molar-refractivity contribution is 7.07. The predicted octanol–water partition coefficient (Wildman–Crippen LogP) is 2.13. The summed E-state index contributed by atoms with van der Waals surface area (Å²) < 4.78 is 0. The fraction of sp³-hybridized carbons (Fsp3) is 0.308. The number of aliphatic hydroxyl groups excluding tert-OH is 1. The van der Waals surface area contributed by atoms with Crippen LogP contribution < -0.4 is 5.32 Å². The molecule has 2 N–H and O–H groups in total. The second kappa shape index (κ2) is 6.37. The maximum Gasteiger partial charge on any atom is 0.152 e. The van der Waals surface area contributed by atoms with Crippen molar-refractivity contribution in [2.45, 2.75) is 12.8 Å². The minimum atomic E-state index is 0.201. The Morgan fingerprint density at radius 2 is 2.06 bits per heavy atom. The Labute approximate surface area is 105 Å². The van der Waals surface area contributed by atoms with E-state index in [0.29, 0.717) is 0 Å². The SMILES string of the molecule is OCCc1ccc(NCCc2cs[c]n2)cc1. The molecule has 0 spiro atoms. The molecule has 4 heteroatoms. The van der Waals surface area contributed by atoms with E-state index >= 15 is 0 Å². The molecule has 2 rings (SSSR count). The van der Waals surface area contributed by atoms with Crippen molar-refractivity contribution >= 4 is 17.0 Å². The predicted molar refractivity (Wildman–Crippen MR) is 70.4 cm³/mol. The number of aliphatic hydroxyl groups is 1. The first kappa shape index (κ1) is 12.1. The Kier molecular flexibility index (Phi) is 4.53. The summed E-state index contributed by atoms with van der Waals surface area (Å²) in [6.45, 7) is 1.07. The van der Waals surface area contributed by atoms with Crippen molar-refractivity contribution in [1.82, 2.24) is 4.98 Å². The highest BCUT2D eigenvalue weighted by Gasteiger charge is 1.96. The van der Waals surface area contributed by atoms with Gasteiger partial charge in [-0.1, -0.05) is 12.1 Å². The summed E-state index contributed by atoms with van der Waals surface area (Å²) in [7, 11) is 0. The average Bonchev–Trinajstić information content (AvgIpc) is 2.85. The number of benzene rings is 1. The molecule has 0 atom stereocenters. The number of nitrogens with one attached hydrogen (secondary N) is 1. The minimum absolute atomic E-state index is 0.201. The summed E-state index contributed by atoms with van der Waals surface area (Å²) in [5, 5.41) is 14.2. The average molecular weight is 247 g/mol. The van der Waals surface area contributed by atoms with Gasteiger partial charge >= 0.3 is 0 Å². The molecule has 0 aliphatic rings. The van der Waals surface area contributed by atoms with Gasteiger partial charge in [0, 0.05) is 30.6 Å². The zero-order chi connectivity index (χ0) is 11.9. The maximum absolute atomic E-state index is 8.81. The lowest BCUT2D eigenvalue weighted by Crippen LogP contribution is -2.05. The standard InChI is InChI=1S/C13H15N2OS/c16-8-6-11-1-3-12(4-2-11)14-7-5-13-9-17-10-15-13/h1-4,9,14,16H,5-8H2. The van der Waals surface area contributed by atoms with Crippen LogP contribution in [0.25, 0.3) is 0 Å². The van der Waals surface area contributed by atoms with Crippen LogP contribution in [-0.4, -0.2) is 23.2 Å². The minimum Gasteiger partial charge on any atom is -0.396 e. The van der Waals surface area contributed by atoms with E-state index in [1.54, 1.807) is 0 Å². The van der Waals surface area contributed by atoms with Crippen molar-refractivity contribution in [3.63, 3.8) is 0 Å². The van der Waals surface area contributed by atoms with Crippen LogP contribution in [0.4, 0.5) is 5.69 Å². The summed E-state index contributed by atoms with van der Waals surface area (Å²) in [5.74, 6) is 0. The van der Waals surface area contributed by atoms with Crippen LogP contribution in [0.3, 0.4) is 0 Å². The number of aromatic nitrogens is 1. The lowest BCUT2D eigenvalue weighted by Gasteiger charge is -2.06. The van der Waals surface area contributed by atoms with Gasteiger partial charge < -0.3 is 10.4 Å². The monoisotopic (exact) mass is 247 g/mol. The van der Waals surface area contributed by atoms with E-state index < -0.39 is 0 Å². The maximum atomic E-state index is 8.81. The van der Waals surface area contributed by atoms with Crippen molar-refractivity contribution in [3.8, 4) is 0 Å². The first-order valence-electron chi connectivity index (χ1n) is 5.62. The molecule has 3 nitrogen and oxygen atoms in total. The van der Waals surface area contributed by atoms with Crippen LogP contribution in [0.2, 0.25) is 0 Å². The normalized spacial score (nSPS) is 10.4. The van der Waals surface area contributed by atoms with Gasteiger partial charge in [0.2, 0.25) is 0 Å². The first-order valence-corrected chi connectivity index (χ1v) is 6.50. The van der Waals surface area contributed by atoms with E-state index in [9.17, 15) is 0 Å². The highest BCUT2D eigenvalue weighted by atomic mass is 32.1. The molecular weight excluding hydrogens is 232 g/mol. The van der Waals surface area contributed by atoms with Crippen LogP contribution in [0, 0.1) is 5.51 Å². The molecular formula is C13H15N2OS. The molecule has 0 aliphatic heterocycles. The van der Waals surface area contributed by atoms with E-state index in [1.165, 1.54) is 11.3 Å². The zero-order valence-corrected chi connectivity index (χ0v) is 10.3. The number of nitrogens with zero attached hydrogens (tertiary/aromatic N) is 1. The number of thiazole rings is 1. The van der Waals surface area contributed by atoms with Crippen LogP contribution in [0.15, 0.2) is 29.6 Å². The molecule has 0 bridgehead atoms. The van der Waals surface area contributed by atoms with Gasteiger partial charge in [-0.2, -0.15) is 0 Å². The Bertz CT molecular complexity index is 425. The van der Waals surface area contributed by atoms with E-state index in [2.05, 4.69) is 15.8 Å². The third-order valence-corrected chi connectivity index (χ3v) is 3.09. The van der Waals surface area contributed by atoms with Gasteiger partial charge in [0.1, 0.15) is 0 Å². The van der Waals surface area contributed by atoms with Crippen LogP contribution >= 0.6 is 11.3 Å². The quantitative estimate of drug-likeness (QED) is 0.822. The molecule has 0 aliphatic carbocycles. The molecule has 17 heavy (non-hydrogen) atoms. The molecule has 89 valence electrons. The Balaban J connectivity index is 1.79. The molecule has 1 aromatic heterocycles. The summed E-state index contributed by atoms with van der Waals surface area (Å²) in [6.07, 6.45) is 1.63. The smallest absolute Gasteiger partial charge is 0.152 e. The molecule has 0 saturated carbocycles. The largest absolute Gasteiger partial charge is 0.396 e. The fourth-order valence-corrected chi connectivity index (χ4v) is 2.10. The topological polar surface area (TPSA) is 45.1 Å². The molecule has 0 fully saturated rings. The van der Waals surface area contributed by atoms with Crippen LogP contribution in [0.5, 0.6) is 0 Å². The number of anilines is 1. The van der Waals surface area contributed by atoms with E-state index in [-0.39, 0.29) is 6.61 Å². The van der Waals surface area contributed by atoms with Crippen molar-refractivity contribution in [1.29, 1.82) is 0 Å². The van der Waals surface area contributed by atoms with Gasteiger partial charge in [-0.05, 0) is 24.1 Å². The van der Waals surface area contributed by atoms with Gasteiger partial charge in [0.15, 0.2) is 5.51 Å². The van der Waals surface area contributed by atoms with Crippen LogP contribution in [0.1, 0.15) is 11.3 Å². The molecule has 0 unspecified atom stereocenters. The molecule has 1 aromatic carbocycles. The summed E-state index contributed by atoms with van der Waals surface area (Å²) in [5.41, 5.74) is 6.18. The first-order chi connectivity index (χ1) is 8.38. The molecule has 1 heterocycles. The lowest BCUT2D eigenvalue weighted by molar-refractivity contribution is 0.299. The Morgan fingerprint density at radius 3 is 2.71 bits per heavy atom. The third kappa shape index (κ3) is 3.84. The number of hydrogen-bond acceptors (Lipinski definition) is 4. The van der Waals surface area contributed by atoms with Gasteiger partial charge in [-0.15, -0.1) is 11.3 Å². The molecule has 0 amide bonds. The fourth-order valence-electron chi connectivity index (χ4n) is 1.57. The molecule has 1 radical (unpaired) electrons. The van der Waals surface area contributed by atoms with Crippen molar-refractivity contribution in [2.75, 3.05) is 18.5 Å². The Hall–Kier alpha value is -1.39. The van der Waals surface area contributed by atoms with Crippen molar-refractivity contribution in [3.05, 3.63) is 46.4 Å². The van der Waals surface area contributed by atoms with Gasteiger partial charge in [-0.3, -0.25) is 0 Å². The number of hydrogen-bond donors (Lipinski definition) is 2. The lowest BCUT2D eigenvalue weighted by atomic mass is 10.1. The number of rotatable bonds is 6. The molecule has 0 saturated heterocycles. The second-order valence-electron chi connectivity index (χ2n) is 3.78. The van der Waals surface area contributed by atoms with E-state index in [1.807, 2.05) is 29.6 Å². The Morgan fingerprint density at radius 1 is 1.24 bits per heavy atom. The van der Waals surface area contributed by atoms with Crippen molar-refractivity contribution < 1.29 is 5.11 Å². The zero-order valence-electron chi connectivity index (χ0n) is 9.52. The van der Waals surface area contributed by atoms with Gasteiger partial charge in [-0.25, -0.2) is 4.98 Å². The van der Waals surface area contributed by atoms with Crippen LogP contribution in [-0.2, 0) is 12.8 Å². The van der Waals surface area contributed by atoms with E-state index in [4.69, 9.17) is 5.11 Å². The van der Waals surface area contributed by atoms with Gasteiger partial charge in [0.25, 0.3) is 0 Å². The van der Waals surface area contributed by atoms with Crippen molar-refractivity contribution in [2.24, 2.45) is 0 Å². The summed E-state index contributed by atoms with van der Waals surface area (Å²) in [4.78, 5) is 4.11. The summed E-state index contributed by atoms with van der Waals surface area (Å²) in [6, 6.07) is 8.15. The highest BCUT2D eigenvalue weighted by Crippen LogP contribution is 2.10. The molecule has 2 aromatic rings. The van der Waals surface area contributed by atoms with E-state index in [0.717, 1.165) is 36.3 Å². The summed E-state index contributed by atoms with van der Waals surface area (Å²) >= 11 is 1.51. The third-order valence-electron chi connectivity index (χ3n) is 2.50. The second-order valence-corrected chi connectivity index (χ2v) is 4.43.